The lowest BCUT2D eigenvalue weighted by atomic mass is 10.2. The number of aromatic nitrogens is 2. The number of carbonyl (C=O) groups excluding carboxylic acids is 1. The van der Waals surface area contributed by atoms with Gasteiger partial charge in [0.15, 0.2) is 5.13 Å². The van der Waals surface area contributed by atoms with Gasteiger partial charge in [0, 0.05) is 29.7 Å². The van der Waals surface area contributed by atoms with E-state index in [0.29, 0.717) is 0 Å². The number of ether oxygens (including phenoxy) is 1. The first-order valence-electron chi connectivity index (χ1n) is 7.66. The number of methoxy groups -OCH3 is 1. The average molecular weight is 351 g/mol. The van der Waals surface area contributed by atoms with Crippen LogP contribution in [0.25, 0.3) is 17.3 Å². The summed E-state index contributed by atoms with van der Waals surface area (Å²) in [5.74, 6) is -0.401. The summed E-state index contributed by atoms with van der Waals surface area (Å²) in [6.07, 6.45) is 6.56. The molecule has 25 heavy (non-hydrogen) atoms. The minimum absolute atomic E-state index is 0.401. The molecule has 5 nitrogen and oxygen atoms in total. The molecule has 0 saturated carbocycles. The summed E-state index contributed by atoms with van der Waals surface area (Å²) >= 11 is 1.47. The Bertz CT molecular complexity index is 904. The Balaban J connectivity index is 1.96. The first-order valence-corrected chi connectivity index (χ1v) is 8.48. The van der Waals surface area contributed by atoms with Gasteiger partial charge in [-0.15, -0.1) is 0 Å². The SMILES string of the molecule is COC(=O)C=Cc1sc(Nc2cccc(C)c2)nc1-c1ccncc1. The van der Waals surface area contributed by atoms with E-state index in [1.165, 1.54) is 30.1 Å². The van der Waals surface area contributed by atoms with E-state index in [0.717, 1.165) is 27.0 Å². The highest BCUT2D eigenvalue weighted by Gasteiger charge is 2.12. The van der Waals surface area contributed by atoms with Crippen LogP contribution in [0.15, 0.2) is 54.9 Å². The van der Waals surface area contributed by atoms with Gasteiger partial charge in [0.2, 0.25) is 0 Å². The lowest BCUT2D eigenvalue weighted by Gasteiger charge is -2.02. The van der Waals surface area contributed by atoms with Crippen LogP contribution in [-0.4, -0.2) is 23.0 Å². The van der Waals surface area contributed by atoms with Crippen molar-refractivity contribution in [3.63, 3.8) is 0 Å². The third kappa shape index (κ3) is 4.30. The highest BCUT2D eigenvalue weighted by Crippen LogP contribution is 2.33. The van der Waals surface area contributed by atoms with Crippen LogP contribution in [-0.2, 0) is 9.53 Å². The molecule has 0 fully saturated rings. The minimum atomic E-state index is -0.401. The second kappa shape index (κ2) is 7.72. The number of rotatable bonds is 5. The molecule has 3 rings (SSSR count). The molecule has 1 N–H and O–H groups in total. The van der Waals surface area contributed by atoms with Crippen LogP contribution < -0.4 is 5.32 Å². The Hall–Kier alpha value is -2.99. The molecule has 0 aliphatic carbocycles. The summed E-state index contributed by atoms with van der Waals surface area (Å²) in [5, 5.41) is 4.07. The van der Waals surface area contributed by atoms with E-state index in [4.69, 9.17) is 0 Å². The van der Waals surface area contributed by atoms with Crippen molar-refractivity contribution >= 4 is 34.2 Å². The lowest BCUT2D eigenvalue weighted by molar-refractivity contribution is -0.134. The number of benzene rings is 1. The lowest BCUT2D eigenvalue weighted by Crippen LogP contribution is -1.93. The summed E-state index contributed by atoms with van der Waals surface area (Å²) < 4.78 is 4.67. The van der Waals surface area contributed by atoms with Crippen molar-refractivity contribution < 1.29 is 9.53 Å². The smallest absolute Gasteiger partial charge is 0.330 e. The van der Waals surface area contributed by atoms with E-state index < -0.39 is 5.97 Å². The monoisotopic (exact) mass is 351 g/mol. The first kappa shape index (κ1) is 16.9. The second-order valence-corrected chi connectivity index (χ2v) is 6.35. The minimum Gasteiger partial charge on any atom is -0.466 e. The Kier molecular flexibility index (Phi) is 5.20. The molecule has 0 spiro atoms. The molecule has 0 aliphatic heterocycles. The summed E-state index contributed by atoms with van der Waals surface area (Å²) in [6, 6.07) is 11.9. The summed E-state index contributed by atoms with van der Waals surface area (Å²) in [6.45, 7) is 2.04. The van der Waals surface area contributed by atoms with Crippen molar-refractivity contribution in [1.29, 1.82) is 0 Å². The van der Waals surface area contributed by atoms with Crippen LogP contribution >= 0.6 is 11.3 Å². The van der Waals surface area contributed by atoms with Crippen molar-refractivity contribution in [1.82, 2.24) is 9.97 Å². The predicted octanol–water partition coefficient (Wildman–Crippen LogP) is 4.44. The van der Waals surface area contributed by atoms with Gasteiger partial charge in [0.25, 0.3) is 0 Å². The molecule has 6 heteroatoms. The van der Waals surface area contributed by atoms with E-state index in [-0.39, 0.29) is 0 Å². The largest absolute Gasteiger partial charge is 0.466 e. The van der Waals surface area contributed by atoms with Crippen LogP contribution in [0.1, 0.15) is 10.4 Å². The summed E-state index contributed by atoms with van der Waals surface area (Å²) in [4.78, 5) is 21.0. The first-order chi connectivity index (χ1) is 12.2. The third-order valence-electron chi connectivity index (χ3n) is 3.45. The Morgan fingerprint density at radius 2 is 2.04 bits per heavy atom. The average Bonchev–Trinajstić information content (AvgIpc) is 3.03. The summed E-state index contributed by atoms with van der Waals surface area (Å²) in [7, 11) is 1.36. The fourth-order valence-corrected chi connectivity index (χ4v) is 3.18. The molecule has 0 unspecified atom stereocenters. The molecule has 2 heterocycles. The molecule has 0 saturated heterocycles. The molecule has 1 aromatic carbocycles. The second-order valence-electron chi connectivity index (χ2n) is 5.32. The highest BCUT2D eigenvalue weighted by atomic mass is 32.1. The van der Waals surface area contributed by atoms with Crippen LogP contribution in [0.3, 0.4) is 0 Å². The topological polar surface area (TPSA) is 64.1 Å². The zero-order valence-corrected chi connectivity index (χ0v) is 14.7. The quantitative estimate of drug-likeness (QED) is 0.544. The van der Waals surface area contributed by atoms with Gasteiger partial charge in [-0.25, -0.2) is 9.78 Å². The molecular formula is C19H17N3O2S. The van der Waals surface area contributed by atoms with Crippen LogP contribution in [0.5, 0.6) is 0 Å². The van der Waals surface area contributed by atoms with Gasteiger partial charge in [-0.2, -0.15) is 0 Å². The number of anilines is 2. The van der Waals surface area contributed by atoms with Gasteiger partial charge < -0.3 is 10.1 Å². The zero-order chi connectivity index (χ0) is 17.6. The Morgan fingerprint density at radius 1 is 1.24 bits per heavy atom. The van der Waals surface area contributed by atoms with Crippen molar-refractivity contribution in [3.05, 3.63) is 65.3 Å². The zero-order valence-electron chi connectivity index (χ0n) is 13.9. The molecule has 0 radical (unpaired) electrons. The van der Waals surface area contributed by atoms with Crippen molar-refractivity contribution in [3.8, 4) is 11.3 Å². The van der Waals surface area contributed by atoms with E-state index in [1.807, 2.05) is 37.3 Å². The fraction of sp³-hybridized carbons (Fsp3) is 0.105. The van der Waals surface area contributed by atoms with Gasteiger partial charge in [-0.05, 0) is 42.8 Å². The van der Waals surface area contributed by atoms with Gasteiger partial charge in [-0.3, -0.25) is 4.98 Å². The summed E-state index contributed by atoms with van der Waals surface area (Å²) in [5.41, 5.74) is 3.87. The molecule has 0 bridgehead atoms. The number of nitrogens with one attached hydrogen (secondary N) is 1. The Morgan fingerprint density at radius 3 is 2.76 bits per heavy atom. The predicted molar refractivity (Wildman–Crippen MR) is 101 cm³/mol. The third-order valence-corrected chi connectivity index (χ3v) is 4.38. The van der Waals surface area contributed by atoms with Crippen molar-refractivity contribution in [2.24, 2.45) is 0 Å². The van der Waals surface area contributed by atoms with E-state index in [9.17, 15) is 4.79 Å². The van der Waals surface area contributed by atoms with E-state index in [2.05, 4.69) is 26.1 Å². The number of hydrogen-bond donors (Lipinski definition) is 1. The maximum atomic E-state index is 11.4. The standard InChI is InChI=1S/C19H17N3O2S/c1-13-4-3-5-15(12-13)21-19-22-18(14-8-10-20-11-9-14)16(25-19)6-7-17(23)24-2/h3-12H,1-2H3,(H,21,22). The maximum absolute atomic E-state index is 11.4. The highest BCUT2D eigenvalue weighted by molar-refractivity contribution is 7.17. The number of carbonyl (C=O) groups is 1. The number of aryl methyl sites for hydroxylation is 1. The molecular weight excluding hydrogens is 334 g/mol. The molecule has 126 valence electrons. The van der Waals surface area contributed by atoms with Crippen LogP contribution in [0.2, 0.25) is 0 Å². The molecule has 2 aromatic heterocycles. The molecule has 0 atom stereocenters. The molecule has 0 aliphatic rings. The fourth-order valence-electron chi connectivity index (χ4n) is 2.27. The molecule has 3 aromatic rings. The Labute approximate surface area is 150 Å². The molecule has 0 amide bonds. The number of pyridine rings is 1. The van der Waals surface area contributed by atoms with E-state index >= 15 is 0 Å². The maximum Gasteiger partial charge on any atom is 0.330 e. The van der Waals surface area contributed by atoms with Gasteiger partial charge in [0.05, 0.1) is 17.7 Å². The number of thiazole rings is 1. The van der Waals surface area contributed by atoms with Crippen LogP contribution in [0, 0.1) is 6.92 Å². The number of esters is 1. The number of hydrogen-bond acceptors (Lipinski definition) is 6. The van der Waals surface area contributed by atoms with Crippen molar-refractivity contribution in [2.75, 3.05) is 12.4 Å². The van der Waals surface area contributed by atoms with E-state index in [1.54, 1.807) is 18.5 Å². The number of nitrogens with zero attached hydrogens (tertiary/aromatic N) is 2. The van der Waals surface area contributed by atoms with Gasteiger partial charge in [0.1, 0.15) is 0 Å². The normalized spacial score (nSPS) is 10.8. The van der Waals surface area contributed by atoms with Crippen LogP contribution in [0.4, 0.5) is 10.8 Å². The van der Waals surface area contributed by atoms with Gasteiger partial charge >= 0.3 is 5.97 Å². The van der Waals surface area contributed by atoms with Gasteiger partial charge in [-0.1, -0.05) is 23.5 Å². The van der Waals surface area contributed by atoms with Crippen molar-refractivity contribution in [2.45, 2.75) is 6.92 Å².